The van der Waals surface area contributed by atoms with Gasteiger partial charge in [-0.05, 0) is 20.8 Å². The van der Waals surface area contributed by atoms with Crippen molar-refractivity contribution >= 4 is 57.2 Å². The van der Waals surface area contributed by atoms with E-state index < -0.39 is 39.9 Å². The molecule has 19 heteroatoms. The number of aliphatic carboxylic acids is 3. The summed E-state index contributed by atoms with van der Waals surface area (Å²) in [5.74, 6) is -3.25. The first-order valence-corrected chi connectivity index (χ1v) is 5.05. The van der Waals surface area contributed by atoms with Gasteiger partial charge in [0.2, 0.25) is 0 Å². The zero-order valence-corrected chi connectivity index (χ0v) is 14.4. The topological polar surface area (TPSA) is 302 Å². The summed E-state index contributed by atoms with van der Waals surface area (Å²) in [5.41, 5.74) is 0. The Morgan fingerprint density at radius 3 is 0.520 bits per heavy atom. The second kappa shape index (κ2) is 38.4. The normalized spacial score (nSPS) is 6.24. The molecule has 0 saturated carbocycles. The third kappa shape index (κ3) is 6580. The van der Waals surface area contributed by atoms with Crippen LogP contribution in [-0.4, -0.2) is 102 Å². The third-order valence-electron chi connectivity index (χ3n) is 0. The smallest absolute Gasteiger partial charge is 0.550 e. The third-order valence-corrected chi connectivity index (χ3v) is 0. The van der Waals surface area contributed by atoms with Crippen LogP contribution in [0.4, 0.5) is 0 Å². The van der Waals surface area contributed by atoms with Crippen LogP contribution in [0, 0.1) is 0 Å². The van der Waals surface area contributed by atoms with Gasteiger partial charge in [-0.1, -0.05) is 0 Å². The van der Waals surface area contributed by atoms with Crippen molar-refractivity contribution in [3.05, 3.63) is 0 Å². The molecule has 0 aromatic carbocycles. The minimum Gasteiger partial charge on any atom is -0.550 e. The molecule has 0 spiro atoms. The van der Waals surface area contributed by atoms with Crippen LogP contribution < -0.4 is 15.3 Å². The van der Waals surface area contributed by atoms with E-state index in [2.05, 4.69) is 0 Å². The van der Waals surface area contributed by atoms with Gasteiger partial charge in [0.15, 0.2) is 0 Å². The summed E-state index contributed by atoms with van der Waals surface area (Å²) < 4.78 is 0. The summed E-state index contributed by atoms with van der Waals surface area (Å²) >= 11 is 0. The average molecular weight is 390 g/mol. The van der Waals surface area contributed by atoms with Gasteiger partial charge in [0.1, 0.15) is 0 Å². The largest absolute Gasteiger partial charge is 3.00 e. The molecule has 0 rings (SSSR count). The monoisotopic (exact) mass is 390 g/mol. The van der Waals surface area contributed by atoms with Gasteiger partial charge in [-0.2, -0.15) is 0 Å². The van der Waals surface area contributed by atoms with Crippen molar-refractivity contribution in [2.45, 2.75) is 20.8 Å². The molecular formula is C6H18AlB3O15. The molecule has 0 aromatic heterocycles. The van der Waals surface area contributed by atoms with Crippen LogP contribution in [0.2, 0.25) is 0 Å². The average Bonchev–Trinajstić information content (AvgIpc) is 2.08. The van der Waals surface area contributed by atoms with E-state index in [0.29, 0.717) is 0 Å². The van der Waals surface area contributed by atoms with Gasteiger partial charge in [0.25, 0.3) is 0 Å². The van der Waals surface area contributed by atoms with E-state index >= 15 is 0 Å². The first-order valence-electron chi connectivity index (χ1n) is 5.05. The first kappa shape index (κ1) is 43.8. The maximum absolute atomic E-state index is 8.89. The molecule has 0 bridgehead atoms. The zero-order chi connectivity index (χ0) is 21.5. The van der Waals surface area contributed by atoms with Crippen molar-refractivity contribution in [2.75, 3.05) is 0 Å². The van der Waals surface area contributed by atoms with E-state index in [-0.39, 0.29) is 17.4 Å². The van der Waals surface area contributed by atoms with Gasteiger partial charge in [-0.25, -0.2) is 0 Å². The minimum atomic E-state index is -2.17. The molecule has 15 nitrogen and oxygen atoms in total. The fourth-order valence-corrected chi connectivity index (χ4v) is 0. The molecule has 0 aliphatic heterocycles. The molecule has 25 heavy (non-hydrogen) atoms. The van der Waals surface area contributed by atoms with E-state index in [9.17, 15) is 0 Å². The van der Waals surface area contributed by atoms with Crippen LogP contribution in [-0.2, 0) is 14.4 Å². The molecule has 9 N–H and O–H groups in total. The molecule has 0 saturated heterocycles. The fraction of sp³-hybridized carbons (Fsp3) is 0.500. The fourth-order valence-electron chi connectivity index (χ4n) is 0. The maximum Gasteiger partial charge on any atom is 3.00 e. The van der Waals surface area contributed by atoms with Crippen LogP contribution in [0.5, 0.6) is 0 Å². The Morgan fingerprint density at radius 2 is 0.520 bits per heavy atom. The van der Waals surface area contributed by atoms with Crippen LogP contribution in [0.1, 0.15) is 20.8 Å². The van der Waals surface area contributed by atoms with Gasteiger partial charge in [0, 0.05) is 17.9 Å². The predicted molar refractivity (Wildman–Crippen MR) is 75.0 cm³/mol. The molecular weight excluding hydrogens is 371 g/mol. The summed E-state index contributed by atoms with van der Waals surface area (Å²) in [4.78, 5) is 26.7. The molecule has 0 amide bonds. The van der Waals surface area contributed by atoms with E-state index in [4.69, 9.17) is 74.9 Å². The number of hydrogen-bond acceptors (Lipinski definition) is 15. The second-order valence-corrected chi connectivity index (χ2v) is 2.51. The van der Waals surface area contributed by atoms with Gasteiger partial charge >= 0.3 is 39.3 Å². The Kier molecular flexibility index (Phi) is 67.3. The number of carbonyl (C=O) groups excluding carboxylic acids is 3. The number of hydrogen-bond donors (Lipinski definition) is 9. The van der Waals surface area contributed by atoms with Crippen molar-refractivity contribution < 1.29 is 74.9 Å². The molecule has 0 fully saturated rings. The van der Waals surface area contributed by atoms with Crippen molar-refractivity contribution in [3.63, 3.8) is 0 Å². The van der Waals surface area contributed by atoms with Crippen LogP contribution in [0.25, 0.3) is 0 Å². The van der Waals surface area contributed by atoms with Crippen molar-refractivity contribution in [1.29, 1.82) is 0 Å². The summed E-state index contributed by atoms with van der Waals surface area (Å²) in [6, 6.07) is 0. The Morgan fingerprint density at radius 1 is 0.520 bits per heavy atom. The molecule has 0 unspecified atom stereocenters. The quantitative estimate of drug-likeness (QED) is 0.173. The first-order chi connectivity index (χ1) is 10.4. The maximum atomic E-state index is 8.89. The summed E-state index contributed by atoms with van der Waals surface area (Å²) in [7, 11) is -6.50. The number of carboxylic acids is 3. The van der Waals surface area contributed by atoms with Crippen LogP contribution in [0.3, 0.4) is 0 Å². The summed E-state index contributed by atoms with van der Waals surface area (Å²) in [6.45, 7) is 2.92. The van der Waals surface area contributed by atoms with E-state index in [1.165, 1.54) is 0 Å². The summed E-state index contributed by atoms with van der Waals surface area (Å²) in [5, 5.41) is 91.2. The number of rotatable bonds is 0. The number of carboxylic acid groups (broad SMARTS) is 3. The van der Waals surface area contributed by atoms with Gasteiger partial charge in [0.05, 0.1) is 0 Å². The van der Waals surface area contributed by atoms with Crippen molar-refractivity contribution in [2.24, 2.45) is 0 Å². The Balaban J connectivity index is -0.0000000309. The van der Waals surface area contributed by atoms with Crippen LogP contribution >= 0.6 is 0 Å². The molecule has 0 heterocycles. The van der Waals surface area contributed by atoms with E-state index in [0.717, 1.165) is 20.8 Å². The van der Waals surface area contributed by atoms with E-state index in [1.807, 2.05) is 0 Å². The molecule has 144 valence electrons. The molecule has 0 atom stereocenters. The van der Waals surface area contributed by atoms with Crippen molar-refractivity contribution in [1.82, 2.24) is 0 Å². The van der Waals surface area contributed by atoms with Crippen molar-refractivity contribution in [3.8, 4) is 0 Å². The zero-order valence-electron chi connectivity index (χ0n) is 13.3. The Labute approximate surface area is 153 Å². The van der Waals surface area contributed by atoms with Gasteiger partial charge in [-0.3, -0.25) is 0 Å². The van der Waals surface area contributed by atoms with Gasteiger partial charge < -0.3 is 74.9 Å². The minimum absolute atomic E-state index is 0. The van der Waals surface area contributed by atoms with Crippen LogP contribution in [0.15, 0.2) is 0 Å². The molecule has 0 aromatic rings. The Bertz CT molecular complexity index is 213. The summed E-state index contributed by atoms with van der Waals surface area (Å²) in [6.07, 6.45) is 0. The van der Waals surface area contributed by atoms with E-state index in [1.54, 1.807) is 0 Å². The molecule has 0 aliphatic rings. The Hall–Kier alpha value is -1.22. The SMILES string of the molecule is CC(=O)[O-].CC(=O)[O-].CC(=O)[O-].OB(O)O.OB(O)O.OB(O)O.[Al+3]. The molecule has 0 aliphatic carbocycles. The van der Waals surface area contributed by atoms with Gasteiger partial charge in [-0.15, -0.1) is 0 Å². The molecule has 0 radical (unpaired) electrons. The predicted octanol–water partition coefficient (Wildman–Crippen LogP) is -10.3. The standard InChI is InChI=1S/3C2H4O2.Al.3BH3O3/c3*1-2(3)4;;3*2-1(3)4/h3*1H3,(H,3,4);;3*2-4H/q;;;+3;;;/p-3. The number of carbonyl (C=O) groups is 3. The second-order valence-electron chi connectivity index (χ2n) is 2.51.